The number of furan rings is 1. The van der Waals surface area contributed by atoms with Gasteiger partial charge in [-0.1, -0.05) is 17.7 Å². The summed E-state index contributed by atoms with van der Waals surface area (Å²) in [5, 5.41) is 7.45. The molecule has 2 aromatic heterocycles. The summed E-state index contributed by atoms with van der Waals surface area (Å²) in [4.78, 5) is 24.0. The fourth-order valence-corrected chi connectivity index (χ4v) is 3.11. The predicted octanol–water partition coefficient (Wildman–Crippen LogP) is 4.78. The van der Waals surface area contributed by atoms with E-state index in [1.54, 1.807) is 66.9 Å². The van der Waals surface area contributed by atoms with Gasteiger partial charge in [-0.2, -0.15) is 5.10 Å². The summed E-state index contributed by atoms with van der Waals surface area (Å²) < 4.78 is 23.0. The Hall–Kier alpha value is -4.24. The van der Waals surface area contributed by atoms with Crippen molar-refractivity contribution in [3.63, 3.8) is 0 Å². The van der Waals surface area contributed by atoms with Gasteiger partial charge in [-0.05, 0) is 54.6 Å². The molecule has 2 aromatic carbocycles. The lowest BCUT2D eigenvalue weighted by molar-refractivity contribution is 0.0600. The highest BCUT2D eigenvalue weighted by Gasteiger charge is 2.13. The third-order valence-corrected chi connectivity index (χ3v) is 4.83. The fraction of sp³-hybridized carbons (Fsp3) is 0.125. The first-order valence-corrected chi connectivity index (χ1v) is 10.5. The zero-order valence-electron chi connectivity index (χ0n) is 18.1. The number of nitrogens with one attached hydrogen (secondary N) is 1. The van der Waals surface area contributed by atoms with Gasteiger partial charge >= 0.3 is 5.97 Å². The van der Waals surface area contributed by atoms with Crippen LogP contribution in [0.15, 0.2) is 77.5 Å². The van der Waals surface area contributed by atoms with Crippen molar-refractivity contribution in [2.24, 2.45) is 0 Å². The Morgan fingerprint density at radius 3 is 2.65 bits per heavy atom. The molecule has 0 radical (unpaired) electrons. The monoisotopic (exact) mass is 481 g/mol. The van der Waals surface area contributed by atoms with Gasteiger partial charge in [-0.25, -0.2) is 9.48 Å². The summed E-state index contributed by atoms with van der Waals surface area (Å²) >= 11 is 5.94. The van der Waals surface area contributed by atoms with E-state index in [2.05, 4.69) is 15.2 Å². The molecule has 0 fully saturated rings. The van der Waals surface area contributed by atoms with Gasteiger partial charge in [0.25, 0.3) is 5.91 Å². The van der Waals surface area contributed by atoms with Crippen LogP contribution in [0.4, 0.5) is 5.69 Å². The Kier molecular flexibility index (Phi) is 7.14. The number of rotatable bonds is 9. The number of aromatic nitrogens is 2. The van der Waals surface area contributed by atoms with Crippen molar-refractivity contribution in [3.05, 3.63) is 95.2 Å². The number of halogens is 1. The van der Waals surface area contributed by atoms with E-state index in [0.29, 0.717) is 33.5 Å². The molecule has 0 saturated carbocycles. The maximum Gasteiger partial charge on any atom is 0.337 e. The number of anilines is 1. The molecule has 4 aromatic rings. The van der Waals surface area contributed by atoms with Crippen LogP contribution in [0.2, 0.25) is 5.02 Å². The normalized spacial score (nSPS) is 10.5. The van der Waals surface area contributed by atoms with Crippen molar-refractivity contribution in [2.45, 2.75) is 13.3 Å². The minimum Gasteiger partial charge on any atom is -0.486 e. The van der Waals surface area contributed by atoms with Crippen molar-refractivity contribution >= 4 is 29.2 Å². The minimum atomic E-state index is -0.427. The second-order valence-electron chi connectivity index (χ2n) is 7.02. The maximum atomic E-state index is 12.5. The summed E-state index contributed by atoms with van der Waals surface area (Å²) in [7, 11) is 1.32. The molecule has 4 rings (SSSR count). The number of carbonyl (C=O) groups excluding carboxylic acids is 2. The van der Waals surface area contributed by atoms with Crippen LogP contribution in [0.3, 0.4) is 0 Å². The van der Waals surface area contributed by atoms with Crippen molar-refractivity contribution in [2.75, 3.05) is 12.4 Å². The van der Waals surface area contributed by atoms with Crippen molar-refractivity contribution in [1.82, 2.24) is 9.78 Å². The number of ether oxygens (including phenoxy) is 3. The topological polar surface area (TPSA) is 105 Å². The Balaban J connectivity index is 1.27. The molecule has 2 heterocycles. The van der Waals surface area contributed by atoms with Crippen LogP contribution in [0.5, 0.6) is 11.5 Å². The van der Waals surface area contributed by atoms with Crippen LogP contribution in [0.25, 0.3) is 0 Å². The number of methoxy groups -OCH3 is 1. The highest BCUT2D eigenvalue weighted by molar-refractivity contribution is 6.30. The van der Waals surface area contributed by atoms with Crippen molar-refractivity contribution in [3.8, 4) is 11.5 Å². The van der Waals surface area contributed by atoms with E-state index in [-0.39, 0.29) is 19.1 Å². The van der Waals surface area contributed by atoms with Crippen LogP contribution in [-0.2, 0) is 18.1 Å². The molecular weight excluding hydrogens is 462 g/mol. The van der Waals surface area contributed by atoms with Crippen LogP contribution >= 0.6 is 11.6 Å². The number of nitrogens with zero attached hydrogens (tertiary/aromatic N) is 2. The minimum absolute atomic E-state index is 0.115. The Labute approximate surface area is 199 Å². The smallest absolute Gasteiger partial charge is 0.337 e. The first kappa shape index (κ1) is 22.9. The van der Waals surface area contributed by atoms with E-state index in [1.807, 2.05) is 0 Å². The van der Waals surface area contributed by atoms with Gasteiger partial charge in [-0.3, -0.25) is 4.79 Å². The van der Waals surface area contributed by atoms with Crippen molar-refractivity contribution < 1.29 is 28.2 Å². The van der Waals surface area contributed by atoms with E-state index in [1.165, 1.54) is 18.0 Å². The van der Waals surface area contributed by atoms with E-state index in [9.17, 15) is 9.59 Å². The van der Waals surface area contributed by atoms with Gasteiger partial charge in [0.2, 0.25) is 0 Å². The second-order valence-corrected chi connectivity index (χ2v) is 7.46. The van der Waals surface area contributed by atoms with Gasteiger partial charge in [0.15, 0.2) is 12.5 Å². The molecule has 10 heteroatoms. The molecule has 0 aliphatic heterocycles. The van der Waals surface area contributed by atoms with Gasteiger partial charge in [0.05, 0.1) is 30.8 Å². The van der Waals surface area contributed by atoms with Gasteiger partial charge < -0.3 is 23.9 Å². The van der Waals surface area contributed by atoms with Crippen LogP contribution in [0, 0.1) is 0 Å². The predicted molar refractivity (Wildman–Crippen MR) is 123 cm³/mol. The van der Waals surface area contributed by atoms with E-state index < -0.39 is 11.9 Å². The standard InChI is InChI=1S/C24H20ClN3O6/c1-31-24(30)16-5-7-19(8-6-16)32-14-21-9-10-22(34-21)23(29)27-18-12-26-28(13-18)15-33-20-4-2-3-17(25)11-20/h2-13H,14-15H2,1H3,(H,27,29). The molecule has 9 nitrogen and oxygen atoms in total. The Bertz CT molecular complexity index is 1280. The van der Waals surface area contributed by atoms with Crippen LogP contribution in [0.1, 0.15) is 26.7 Å². The molecule has 34 heavy (non-hydrogen) atoms. The molecule has 0 atom stereocenters. The zero-order chi connectivity index (χ0) is 23.9. The molecule has 0 bridgehead atoms. The first-order chi connectivity index (χ1) is 16.5. The molecule has 0 aliphatic carbocycles. The summed E-state index contributed by atoms with van der Waals surface area (Å²) in [6.45, 7) is 0.267. The van der Waals surface area contributed by atoms with E-state index >= 15 is 0 Å². The summed E-state index contributed by atoms with van der Waals surface area (Å²) in [6, 6.07) is 16.7. The number of hydrogen-bond donors (Lipinski definition) is 1. The number of carbonyl (C=O) groups is 2. The molecule has 0 saturated heterocycles. The van der Waals surface area contributed by atoms with Crippen LogP contribution in [-0.4, -0.2) is 28.8 Å². The number of amides is 1. The lowest BCUT2D eigenvalue weighted by Gasteiger charge is -2.06. The van der Waals surface area contributed by atoms with E-state index in [0.717, 1.165) is 0 Å². The molecular formula is C24H20ClN3O6. The van der Waals surface area contributed by atoms with E-state index in [4.69, 9.17) is 25.5 Å². The number of hydrogen-bond acceptors (Lipinski definition) is 7. The summed E-state index contributed by atoms with van der Waals surface area (Å²) in [6.07, 6.45) is 3.14. The quantitative estimate of drug-likeness (QED) is 0.343. The Morgan fingerprint density at radius 2 is 1.88 bits per heavy atom. The fourth-order valence-electron chi connectivity index (χ4n) is 2.93. The second kappa shape index (κ2) is 10.6. The average Bonchev–Trinajstić information content (AvgIpc) is 3.51. The average molecular weight is 482 g/mol. The van der Waals surface area contributed by atoms with Gasteiger partial charge in [-0.15, -0.1) is 0 Å². The highest BCUT2D eigenvalue weighted by Crippen LogP contribution is 2.19. The summed E-state index contributed by atoms with van der Waals surface area (Å²) in [5.41, 5.74) is 0.908. The molecule has 1 amide bonds. The zero-order valence-corrected chi connectivity index (χ0v) is 18.8. The number of benzene rings is 2. The maximum absolute atomic E-state index is 12.5. The lowest BCUT2D eigenvalue weighted by Crippen LogP contribution is -2.10. The number of esters is 1. The molecule has 0 aliphatic rings. The largest absolute Gasteiger partial charge is 0.486 e. The lowest BCUT2D eigenvalue weighted by atomic mass is 10.2. The molecule has 174 valence electrons. The highest BCUT2D eigenvalue weighted by atomic mass is 35.5. The third-order valence-electron chi connectivity index (χ3n) is 4.59. The van der Waals surface area contributed by atoms with Gasteiger partial charge in [0, 0.05) is 5.02 Å². The molecule has 0 spiro atoms. The van der Waals surface area contributed by atoms with Gasteiger partial charge in [0.1, 0.15) is 23.9 Å². The third kappa shape index (κ3) is 5.96. The molecule has 1 N–H and O–H groups in total. The van der Waals surface area contributed by atoms with Crippen molar-refractivity contribution in [1.29, 1.82) is 0 Å². The van der Waals surface area contributed by atoms with Crippen LogP contribution < -0.4 is 14.8 Å². The Morgan fingerprint density at radius 1 is 1.06 bits per heavy atom. The summed E-state index contributed by atoms with van der Waals surface area (Å²) in [5.74, 6) is 0.896. The SMILES string of the molecule is COC(=O)c1ccc(OCc2ccc(C(=O)Nc3cnn(COc4cccc(Cl)c4)c3)o2)cc1. The first-order valence-electron chi connectivity index (χ1n) is 10.1. The molecule has 0 unspecified atom stereocenters.